The zero-order chi connectivity index (χ0) is 13.0. The van der Waals surface area contributed by atoms with Crippen LogP contribution in [0.5, 0.6) is 0 Å². The van der Waals surface area contributed by atoms with Crippen LogP contribution in [0.2, 0.25) is 0 Å². The smallest absolute Gasteiger partial charge is 0.225 e. The van der Waals surface area contributed by atoms with Gasteiger partial charge in [0.05, 0.1) is 24.8 Å². The number of hydrogen-bond acceptors (Lipinski definition) is 5. The molecule has 98 valence electrons. The predicted octanol–water partition coefficient (Wildman–Crippen LogP) is 0.759. The third kappa shape index (κ3) is 2.76. The van der Waals surface area contributed by atoms with Gasteiger partial charge >= 0.3 is 0 Å². The summed E-state index contributed by atoms with van der Waals surface area (Å²) in [5, 5.41) is 0. The van der Waals surface area contributed by atoms with E-state index >= 15 is 0 Å². The number of hydrogen-bond donors (Lipinski definition) is 1. The zero-order valence-electron chi connectivity index (χ0n) is 10.5. The minimum absolute atomic E-state index is 0.0275. The molecule has 6 nitrogen and oxygen atoms in total. The summed E-state index contributed by atoms with van der Waals surface area (Å²) in [5.74, 6) is 0.361. The summed E-state index contributed by atoms with van der Waals surface area (Å²) in [6.45, 7) is 1.23. The molecule has 1 saturated heterocycles. The summed E-state index contributed by atoms with van der Waals surface area (Å²) in [5.41, 5.74) is 6.41. The highest BCUT2D eigenvalue weighted by molar-refractivity contribution is 5.77. The highest BCUT2D eigenvalue weighted by atomic mass is 16.5. The van der Waals surface area contributed by atoms with Crippen LogP contribution in [-0.4, -0.2) is 41.0 Å². The number of carbonyl (C=O) groups is 1. The van der Waals surface area contributed by atoms with E-state index in [1.165, 1.54) is 0 Å². The first kappa shape index (κ1) is 12.8. The monoisotopic (exact) mass is 250 g/mol. The molecule has 0 aliphatic carbocycles. The number of likely N-dealkylation sites (tertiary alicyclic amines) is 1. The quantitative estimate of drug-likeness (QED) is 0.853. The molecule has 1 atom stereocenters. The molecule has 0 spiro atoms. The maximum atomic E-state index is 12.0. The lowest BCUT2D eigenvalue weighted by Crippen LogP contribution is -2.31. The molecule has 1 aromatic heterocycles. The molecular formula is C12H18N4O2. The number of methoxy groups -OCH3 is 1. The van der Waals surface area contributed by atoms with Crippen molar-refractivity contribution in [1.29, 1.82) is 0 Å². The minimum Gasteiger partial charge on any atom is -0.384 e. The van der Waals surface area contributed by atoms with Crippen LogP contribution >= 0.6 is 0 Å². The molecule has 0 bridgehead atoms. The summed E-state index contributed by atoms with van der Waals surface area (Å²) < 4.78 is 4.94. The van der Waals surface area contributed by atoms with E-state index in [0.29, 0.717) is 13.0 Å². The Labute approximate surface area is 106 Å². The van der Waals surface area contributed by atoms with Crippen LogP contribution < -0.4 is 5.73 Å². The molecule has 0 unspecified atom stereocenters. The first-order chi connectivity index (χ1) is 8.72. The van der Waals surface area contributed by atoms with Crippen molar-refractivity contribution in [2.75, 3.05) is 26.0 Å². The summed E-state index contributed by atoms with van der Waals surface area (Å²) in [7, 11) is 1.60. The van der Waals surface area contributed by atoms with Crippen LogP contribution in [-0.2, 0) is 9.53 Å². The Morgan fingerprint density at radius 1 is 1.67 bits per heavy atom. The Balaban J connectivity index is 2.10. The standard InChI is InChI=1S/C12H18N4O2/c1-18-8-5-11(17)16-7-2-3-10(16)9-4-6-14-12(13)15-9/h4,6,10H,2-3,5,7-8H2,1H3,(H2,13,14,15)/t10-/m1/s1. The van der Waals surface area contributed by atoms with Gasteiger partial charge in [0.2, 0.25) is 11.9 Å². The number of aromatic nitrogens is 2. The van der Waals surface area contributed by atoms with E-state index < -0.39 is 0 Å². The van der Waals surface area contributed by atoms with Gasteiger partial charge in [-0.25, -0.2) is 9.97 Å². The highest BCUT2D eigenvalue weighted by Gasteiger charge is 2.30. The lowest BCUT2D eigenvalue weighted by Gasteiger charge is -2.24. The van der Waals surface area contributed by atoms with E-state index in [4.69, 9.17) is 10.5 Å². The van der Waals surface area contributed by atoms with Crippen molar-refractivity contribution in [2.45, 2.75) is 25.3 Å². The summed E-state index contributed by atoms with van der Waals surface area (Å²) in [4.78, 5) is 22.0. The lowest BCUT2D eigenvalue weighted by atomic mass is 10.1. The van der Waals surface area contributed by atoms with Crippen LogP contribution in [0.3, 0.4) is 0 Å². The molecule has 0 aromatic carbocycles. The Morgan fingerprint density at radius 2 is 2.50 bits per heavy atom. The molecule has 1 aliphatic rings. The fraction of sp³-hybridized carbons (Fsp3) is 0.583. The molecule has 0 radical (unpaired) electrons. The van der Waals surface area contributed by atoms with E-state index in [9.17, 15) is 4.79 Å². The van der Waals surface area contributed by atoms with Gasteiger partial charge in [0.25, 0.3) is 0 Å². The average Bonchev–Trinajstić information content (AvgIpc) is 2.85. The molecule has 1 fully saturated rings. The van der Waals surface area contributed by atoms with E-state index in [-0.39, 0.29) is 17.9 Å². The van der Waals surface area contributed by atoms with Gasteiger partial charge < -0.3 is 15.4 Å². The number of nitrogens with two attached hydrogens (primary N) is 1. The van der Waals surface area contributed by atoms with Gasteiger partial charge in [0.15, 0.2) is 0 Å². The van der Waals surface area contributed by atoms with Crippen LogP contribution in [0.4, 0.5) is 5.95 Å². The Hall–Kier alpha value is -1.69. The second-order valence-electron chi connectivity index (χ2n) is 4.33. The molecule has 2 N–H and O–H groups in total. The molecule has 1 amide bonds. The van der Waals surface area contributed by atoms with Gasteiger partial charge in [-0.2, -0.15) is 0 Å². The van der Waals surface area contributed by atoms with E-state index in [0.717, 1.165) is 25.1 Å². The second-order valence-corrected chi connectivity index (χ2v) is 4.33. The van der Waals surface area contributed by atoms with Crippen LogP contribution in [0.1, 0.15) is 31.0 Å². The van der Waals surface area contributed by atoms with Crippen molar-refractivity contribution in [1.82, 2.24) is 14.9 Å². The van der Waals surface area contributed by atoms with Crippen molar-refractivity contribution in [3.8, 4) is 0 Å². The summed E-state index contributed by atoms with van der Waals surface area (Å²) in [6.07, 6.45) is 3.96. The van der Waals surface area contributed by atoms with E-state index in [1.807, 2.05) is 11.0 Å². The SMILES string of the molecule is COCCC(=O)N1CCC[C@@H]1c1ccnc(N)n1. The van der Waals surface area contributed by atoms with Crippen molar-refractivity contribution in [2.24, 2.45) is 0 Å². The van der Waals surface area contributed by atoms with Crippen molar-refractivity contribution >= 4 is 11.9 Å². The normalized spacial score (nSPS) is 19.2. The fourth-order valence-corrected chi connectivity index (χ4v) is 2.28. The van der Waals surface area contributed by atoms with Gasteiger partial charge in [0, 0.05) is 19.9 Å². The topological polar surface area (TPSA) is 81.3 Å². The van der Waals surface area contributed by atoms with E-state index in [1.54, 1.807) is 13.3 Å². The van der Waals surface area contributed by atoms with Crippen LogP contribution in [0.25, 0.3) is 0 Å². The minimum atomic E-state index is 0.0275. The first-order valence-corrected chi connectivity index (χ1v) is 6.09. The number of carbonyl (C=O) groups excluding carboxylic acids is 1. The average molecular weight is 250 g/mol. The molecule has 2 rings (SSSR count). The Morgan fingerprint density at radius 3 is 3.22 bits per heavy atom. The van der Waals surface area contributed by atoms with Gasteiger partial charge in [-0.15, -0.1) is 0 Å². The molecule has 6 heteroatoms. The van der Waals surface area contributed by atoms with Crippen molar-refractivity contribution in [3.05, 3.63) is 18.0 Å². The lowest BCUT2D eigenvalue weighted by molar-refractivity contribution is -0.133. The number of amides is 1. The molecule has 1 aliphatic heterocycles. The Kier molecular flexibility index (Phi) is 4.09. The number of nitrogen functional groups attached to an aromatic ring is 1. The van der Waals surface area contributed by atoms with Crippen molar-refractivity contribution < 1.29 is 9.53 Å². The molecule has 2 heterocycles. The van der Waals surface area contributed by atoms with Gasteiger partial charge in [0.1, 0.15) is 0 Å². The zero-order valence-corrected chi connectivity index (χ0v) is 10.5. The maximum absolute atomic E-state index is 12.0. The first-order valence-electron chi connectivity index (χ1n) is 6.09. The molecule has 1 aromatic rings. The maximum Gasteiger partial charge on any atom is 0.225 e. The second kappa shape index (κ2) is 5.77. The third-order valence-corrected chi connectivity index (χ3v) is 3.13. The number of ether oxygens (including phenoxy) is 1. The van der Waals surface area contributed by atoms with Gasteiger partial charge in [-0.3, -0.25) is 4.79 Å². The molecule has 0 saturated carbocycles. The van der Waals surface area contributed by atoms with E-state index in [2.05, 4.69) is 9.97 Å². The predicted molar refractivity (Wildman–Crippen MR) is 66.6 cm³/mol. The number of nitrogens with zero attached hydrogens (tertiary/aromatic N) is 3. The third-order valence-electron chi connectivity index (χ3n) is 3.13. The fourth-order valence-electron chi connectivity index (χ4n) is 2.28. The summed E-state index contributed by atoms with van der Waals surface area (Å²) >= 11 is 0. The Bertz CT molecular complexity index is 424. The number of anilines is 1. The van der Waals surface area contributed by atoms with Crippen LogP contribution in [0, 0.1) is 0 Å². The molecule has 18 heavy (non-hydrogen) atoms. The van der Waals surface area contributed by atoms with Crippen molar-refractivity contribution in [3.63, 3.8) is 0 Å². The van der Waals surface area contributed by atoms with Gasteiger partial charge in [-0.05, 0) is 18.9 Å². The highest BCUT2D eigenvalue weighted by Crippen LogP contribution is 2.31. The van der Waals surface area contributed by atoms with Crippen LogP contribution in [0.15, 0.2) is 12.3 Å². The summed E-state index contributed by atoms with van der Waals surface area (Å²) in [6, 6.07) is 1.85. The molecular weight excluding hydrogens is 232 g/mol. The van der Waals surface area contributed by atoms with Gasteiger partial charge in [-0.1, -0.05) is 0 Å². The largest absolute Gasteiger partial charge is 0.384 e. The number of rotatable bonds is 4.